The van der Waals surface area contributed by atoms with Gasteiger partial charge in [-0.3, -0.25) is 4.68 Å². The molecule has 0 spiro atoms. The van der Waals surface area contributed by atoms with Gasteiger partial charge in [-0.05, 0) is 56.6 Å². The predicted molar refractivity (Wildman–Crippen MR) is 87.5 cm³/mol. The summed E-state index contributed by atoms with van der Waals surface area (Å²) in [4.78, 5) is 0.166. The van der Waals surface area contributed by atoms with Gasteiger partial charge in [-0.25, -0.2) is 12.8 Å². The molecule has 0 fully saturated rings. The fraction of sp³-hybridized carbons (Fsp3) is 0.438. The highest BCUT2D eigenvalue weighted by Gasteiger charge is 2.14. The van der Waals surface area contributed by atoms with Crippen molar-refractivity contribution >= 4 is 9.84 Å². The normalized spacial score (nSPS) is 13.2. The zero-order chi connectivity index (χ0) is 16.9. The van der Waals surface area contributed by atoms with Crippen molar-refractivity contribution in [2.75, 3.05) is 12.3 Å². The van der Waals surface area contributed by atoms with Crippen molar-refractivity contribution in [1.29, 1.82) is 0 Å². The summed E-state index contributed by atoms with van der Waals surface area (Å²) in [5, 5.41) is 7.51. The molecule has 1 N–H and O–H groups in total. The Kier molecular flexibility index (Phi) is 5.90. The van der Waals surface area contributed by atoms with Gasteiger partial charge in [-0.15, -0.1) is 0 Å². The van der Waals surface area contributed by atoms with Gasteiger partial charge in [-0.1, -0.05) is 0 Å². The highest BCUT2D eigenvalue weighted by Crippen LogP contribution is 2.12. The summed E-state index contributed by atoms with van der Waals surface area (Å²) in [5.41, 5.74) is 1.11. The standard InChI is InChI=1S/C16H22FN3O2S/c1-13-10-19-20(11-13)12-14(2)18-8-3-9-23(21,22)16-6-4-15(17)5-7-16/h4-7,10-11,14,18H,3,8-9,12H2,1-2H3. The van der Waals surface area contributed by atoms with E-state index in [1.165, 1.54) is 24.3 Å². The average molecular weight is 339 g/mol. The number of hydrogen-bond acceptors (Lipinski definition) is 4. The molecule has 1 unspecified atom stereocenters. The lowest BCUT2D eigenvalue weighted by molar-refractivity contribution is 0.451. The Morgan fingerprint density at radius 3 is 2.61 bits per heavy atom. The minimum atomic E-state index is -3.35. The summed E-state index contributed by atoms with van der Waals surface area (Å²) in [6.45, 7) is 5.35. The highest BCUT2D eigenvalue weighted by molar-refractivity contribution is 7.91. The van der Waals surface area contributed by atoms with Crippen LogP contribution < -0.4 is 5.32 Å². The van der Waals surface area contributed by atoms with Crippen LogP contribution in [0.4, 0.5) is 4.39 Å². The molecule has 23 heavy (non-hydrogen) atoms. The molecule has 5 nitrogen and oxygen atoms in total. The second-order valence-electron chi connectivity index (χ2n) is 5.72. The number of sulfone groups is 1. The zero-order valence-electron chi connectivity index (χ0n) is 13.4. The molecule has 2 rings (SSSR count). The van der Waals surface area contributed by atoms with E-state index in [0.717, 1.165) is 12.1 Å². The molecule has 1 heterocycles. The van der Waals surface area contributed by atoms with E-state index in [1.807, 2.05) is 30.9 Å². The molecule has 2 aromatic rings. The molecule has 0 radical (unpaired) electrons. The number of nitrogens with zero attached hydrogens (tertiary/aromatic N) is 2. The van der Waals surface area contributed by atoms with E-state index in [2.05, 4.69) is 10.4 Å². The molecule has 0 saturated carbocycles. The Balaban J connectivity index is 1.75. The highest BCUT2D eigenvalue weighted by atomic mass is 32.2. The van der Waals surface area contributed by atoms with Crippen molar-refractivity contribution in [3.05, 3.63) is 48.0 Å². The monoisotopic (exact) mass is 339 g/mol. The molecule has 0 saturated heterocycles. The largest absolute Gasteiger partial charge is 0.312 e. The molecule has 0 aliphatic rings. The summed E-state index contributed by atoms with van der Waals surface area (Å²) in [6.07, 6.45) is 4.28. The van der Waals surface area contributed by atoms with Crippen molar-refractivity contribution < 1.29 is 12.8 Å². The molecule has 0 amide bonds. The summed E-state index contributed by atoms with van der Waals surface area (Å²) in [5.74, 6) is -0.396. The number of aryl methyl sites for hydroxylation is 1. The Bertz CT molecular complexity index is 726. The van der Waals surface area contributed by atoms with Gasteiger partial charge in [0.05, 0.1) is 23.4 Å². The Morgan fingerprint density at radius 1 is 1.30 bits per heavy atom. The smallest absolute Gasteiger partial charge is 0.178 e. The van der Waals surface area contributed by atoms with E-state index in [-0.39, 0.29) is 16.7 Å². The van der Waals surface area contributed by atoms with Crippen LogP contribution in [0.2, 0.25) is 0 Å². The van der Waals surface area contributed by atoms with Gasteiger partial charge in [-0.2, -0.15) is 5.10 Å². The van der Waals surface area contributed by atoms with Gasteiger partial charge in [0.15, 0.2) is 9.84 Å². The van der Waals surface area contributed by atoms with E-state index in [0.29, 0.717) is 13.0 Å². The lowest BCUT2D eigenvalue weighted by atomic mass is 10.3. The van der Waals surface area contributed by atoms with E-state index >= 15 is 0 Å². The van der Waals surface area contributed by atoms with Crippen LogP contribution >= 0.6 is 0 Å². The number of nitrogens with one attached hydrogen (secondary N) is 1. The molecular weight excluding hydrogens is 317 g/mol. The third-order valence-corrected chi connectivity index (χ3v) is 5.30. The summed E-state index contributed by atoms with van der Waals surface area (Å²) < 4.78 is 38.9. The van der Waals surface area contributed by atoms with Gasteiger partial charge < -0.3 is 5.32 Å². The van der Waals surface area contributed by atoms with Gasteiger partial charge >= 0.3 is 0 Å². The lowest BCUT2D eigenvalue weighted by Crippen LogP contribution is -2.32. The maximum absolute atomic E-state index is 12.8. The number of benzene rings is 1. The predicted octanol–water partition coefficient (Wildman–Crippen LogP) is 2.17. The first-order valence-corrected chi connectivity index (χ1v) is 9.23. The quantitative estimate of drug-likeness (QED) is 0.591. The molecule has 1 atom stereocenters. The van der Waals surface area contributed by atoms with E-state index in [4.69, 9.17) is 0 Å². The Morgan fingerprint density at radius 2 is 2.00 bits per heavy atom. The summed E-state index contributed by atoms with van der Waals surface area (Å²) in [7, 11) is -3.35. The SMILES string of the molecule is Cc1cnn(CC(C)NCCCS(=O)(=O)c2ccc(F)cc2)c1. The van der Waals surface area contributed by atoms with E-state index in [9.17, 15) is 12.8 Å². The first-order chi connectivity index (χ1) is 10.9. The van der Waals surface area contributed by atoms with Crippen LogP contribution in [-0.4, -0.2) is 36.5 Å². The van der Waals surface area contributed by atoms with Crippen LogP contribution in [0.15, 0.2) is 41.6 Å². The molecule has 7 heteroatoms. The van der Waals surface area contributed by atoms with Gasteiger partial charge in [0.25, 0.3) is 0 Å². The molecule has 0 bridgehead atoms. The van der Waals surface area contributed by atoms with E-state index < -0.39 is 15.7 Å². The molecule has 1 aromatic heterocycles. The van der Waals surface area contributed by atoms with Crippen molar-refractivity contribution in [3.8, 4) is 0 Å². The van der Waals surface area contributed by atoms with Gasteiger partial charge in [0.1, 0.15) is 5.82 Å². The maximum Gasteiger partial charge on any atom is 0.178 e. The third-order valence-electron chi connectivity index (χ3n) is 3.48. The topological polar surface area (TPSA) is 64.0 Å². The molecule has 0 aliphatic heterocycles. The molecular formula is C16H22FN3O2S. The van der Waals surface area contributed by atoms with Crippen LogP contribution in [0.1, 0.15) is 18.9 Å². The second-order valence-corrected chi connectivity index (χ2v) is 7.83. The first kappa shape index (κ1) is 17.6. The van der Waals surface area contributed by atoms with Crippen LogP contribution in [0, 0.1) is 12.7 Å². The molecule has 126 valence electrons. The fourth-order valence-electron chi connectivity index (χ4n) is 2.28. The van der Waals surface area contributed by atoms with Gasteiger partial charge in [0.2, 0.25) is 0 Å². The number of rotatable bonds is 8. The van der Waals surface area contributed by atoms with Crippen LogP contribution in [0.5, 0.6) is 0 Å². The lowest BCUT2D eigenvalue weighted by Gasteiger charge is -2.13. The van der Waals surface area contributed by atoms with Crippen LogP contribution in [0.25, 0.3) is 0 Å². The number of aromatic nitrogens is 2. The minimum Gasteiger partial charge on any atom is -0.312 e. The third kappa shape index (κ3) is 5.44. The number of halogens is 1. The van der Waals surface area contributed by atoms with Crippen molar-refractivity contribution in [2.24, 2.45) is 0 Å². The first-order valence-electron chi connectivity index (χ1n) is 7.57. The van der Waals surface area contributed by atoms with Crippen molar-refractivity contribution in [2.45, 2.75) is 37.8 Å². The average Bonchev–Trinajstić information content (AvgIpc) is 2.89. The van der Waals surface area contributed by atoms with Crippen molar-refractivity contribution in [3.63, 3.8) is 0 Å². The zero-order valence-corrected chi connectivity index (χ0v) is 14.2. The molecule has 1 aromatic carbocycles. The van der Waals surface area contributed by atoms with Crippen molar-refractivity contribution in [1.82, 2.24) is 15.1 Å². The maximum atomic E-state index is 12.8. The second kappa shape index (κ2) is 7.70. The summed E-state index contributed by atoms with van der Waals surface area (Å²) >= 11 is 0. The van der Waals surface area contributed by atoms with Crippen LogP contribution in [-0.2, 0) is 16.4 Å². The Labute approximate surface area is 136 Å². The van der Waals surface area contributed by atoms with E-state index in [1.54, 1.807) is 0 Å². The van der Waals surface area contributed by atoms with Gasteiger partial charge in [0, 0.05) is 12.2 Å². The summed E-state index contributed by atoms with van der Waals surface area (Å²) in [6, 6.07) is 5.14. The molecule has 0 aliphatic carbocycles. The fourth-order valence-corrected chi connectivity index (χ4v) is 3.59. The Hall–Kier alpha value is -1.73. The minimum absolute atomic E-state index is 0.0409. The number of hydrogen-bond donors (Lipinski definition) is 1. The van der Waals surface area contributed by atoms with Crippen LogP contribution in [0.3, 0.4) is 0 Å².